The van der Waals surface area contributed by atoms with Gasteiger partial charge in [-0.05, 0) is 38.7 Å². The Morgan fingerprint density at radius 1 is 1.29 bits per heavy atom. The van der Waals surface area contributed by atoms with Gasteiger partial charge in [0.1, 0.15) is 12.0 Å². The van der Waals surface area contributed by atoms with E-state index in [9.17, 15) is 0 Å². The van der Waals surface area contributed by atoms with Gasteiger partial charge in [0.05, 0.1) is 0 Å². The van der Waals surface area contributed by atoms with Crippen LogP contribution in [0.25, 0.3) is 6.08 Å². The van der Waals surface area contributed by atoms with E-state index < -0.39 is 0 Å². The maximum atomic E-state index is 5.67. The van der Waals surface area contributed by atoms with Gasteiger partial charge in [0.25, 0.3) is 0 Å². The summed E-state index contributed by atoms with van der Waals surface area (Å²) < 4.78 is 5.67. The first-order chi connectivity index (χ1) is 6.63. The van der Waals surface area contributed by atoms with Crippen molar-refractivity contribution in [1.82, 2.24) is 4.90 Å². The Labute approximate surface area is 85.8 Å². The molecular weight excluding hydrogens is 174 g/mol. The number of benzene rings is 1. The Kier molecular flexibility index (Phi) is 3.72. The molecule has 0 saturated heterocycles. The highest BCUT2D eigenvalue weighted by atomic mass is 16.5. The van der Waals surface area contributed by atoms with Gasteiger partial charge < -0.3 is 4.74 Å². The molecule has 0 bridgehead atoms. The summed E-state index contributed by atoms with van der Waals surface area (Å²) in [5.41, 5.74) is 1.11. The van der Waals surface area contributed by atoms with Gasteiger partial charge in [-0.15, -0.1) is 0 Å². The highest BCUT2D eigenvalue weighted by molar-refractivity contribution is 5.48. The Balaban J connectivity index is 2.64. The lowest BCUT2D eigenvalue weighted by Crippen LogP contribution is -2.30. The van der Waals surface area contributed by atoms with Gasteiger partial charge >= 0.3 is 0 Å². The van der Waals surface area contributed by atoms with Crippen molar-refractivity contribution >= 4 is 6.08 Å². The molecule has 0 amide bonds. The molecule has 1 unspecified atom stereocenters. The Morgan fingerprint density at radius 2 is 1.86 bits per heavy atom. The zero-order valence-corrected chi connectivity index (χ0v) is 9.03. The van der Waals surface area contributed by atoms with E-state index in [1.54, 1.807) is 0 Å². The van der Waals surface area contributed by atoms with Crippen LogP contribution in [0.1, 0.15) is 12.5 Å². The van der Waals surface area contributed by atoms with Crippen molar-refractivity contribution in [3.63, 3.8) is 0 Å². The molecule has 0 spiro atoms. The molecule has 1 atom stereocenters. The molecule has 0 heterocycles. The first-order valence-electron chi connectivity index (χ1n) is 4.69. The monoisotopic (exact) mass is 191 g/mol. The summed E-state index contributed by atoms with van der Waals surface area (Å²) in [6.45, 7) is 5.72. The van der Waals surface area contributed by atoms with E-state index in [2.05, 4.69) is 6.58 Å². The van der Waals surface area contributed by atoms with Crippen LogP contribution in [0.15, 0.2) is 30.8 Å². The third kappa shape index (κ3) is 2.89. The van der Waals surface area contributed by atoms with Crippen LogP contribution in [0.2, 0.25) is 0 Å². The van der Waals surface area contributed by atoms with Crippen LogP contribution in [0.3, 0.4) is 0 Å². The van der Waals surface area contributed by atoms with E-state index in [1.807, 2.05) is 56.3 Å². The van der Waals surface area contributed by atoms with Crippen LogP contribution in [0.4, 0.5) is 0 Å². The molecule has 0 aliphatic heterocycles. The van der Waals surface area contributed by atoms with Crippen LogP contribution >= 0.6 is 0 Å². The third-order valence-electron chi connectivity index (χ3n) is 2.15. The van der Waals surface area contributed by atoms with Crippen molar-refractivity contribution < 1.29 is 4.74 Å². The van der Waals surface area contributed by atoms with Gasteiger partial charge in [-0.3, -0.25) is 4.90 Å². The second kappa shape index (κ2) is 4.82. The topological polar surface area (TPSA) is 12.5 Å². The summed E-state index contributed by atoms with van der Waals surface area (Å²) in [4.78, 5) is 2.02. The summed E-state index contributed by atoms with van der Waals surface area (Å²) in [5, 5.41) is 0. The molecule has 0 aliphatic rings. The summed E-state index contributed by atoms with van der Waals surface area (Å²) in [5.74, 6) is 0.886. The lowest BCUT2D eigenvalue weighted by atomic mass is 10.2. The van der Waals surface area contributed by atoms with Crippen molar-refractivity contribution in [2.45, 2.75) is 13.2 Å². The zero-order chi connectivity index (χ0) is 10.6. The molecule has 0 aliphatic carbocycles. The molecule has 0 N–H and O–H groups in total. The second-order valence-corrected chi connectivity index (χ2v) is 3.45. The van der Waals surface area contributed by atoms with E-state index >= 15 is 0 Å². The minimum Gasteiger partial charge on any atom is -0.475 e. The number of hydrogen-bond acceptors (Lipinski definition) is 2. The second-order valence-electron chi connectivity index (χ2n) is 3.45. The van der Waals surface area contributed by atoms with Gasteiger partial charge in [0.2, 0.25) is 0 Å². The van der Waals surface area contributed by atoms with Crippen molar-refractivity contribution in [3.05, 3.63) is 36.4 Å². The molecule has 0 saturated carbocycles. The van der Waals surface area contributed by atoms with Crippen molar-refractivity contribution in [2.24, 2.45) is 0 Å². The first-order valence-corrected chi connectivity index (χ1v) is 4.69. The first kappa shape index (κ1) is 10.8. The molecular formula is C12H17NO. The largest absolute Gasteiger partial charge is 0.475 e. The molecule has 1 aromatic rings. The Hall–Kier alpha value is -1.28. The highest BCUT2D eigenvalue weighted by Gasteiger charge is 2.04. The van der Waals surface area contributed by atoms with E-state index in [-0.39, 0.29) is 6.23 Å². The van der Waals surface area contributed by atoms with Crippen molar-refractivity contribution in [3.8, 4) is 5.75 Å². The van der Waals surface area contributed by atoms with Crippen LogP contribution in [0.5, 0.6) is 5.75 Å². The maximum Gasteiger partial charge on any atom is 0.149 e. The van der Waals surface area contributed by atoms with Crippen LogP contribution < -0.4 is 4.74 Å². The molecule has 0 aromatic heterocycles. The minimum atomic E-state index is 0.0876. The molecule has 0 fully saturated rings. The fraction of sp³-hybridized carbons (Fsp3) is 0.333. The quantitative estimate of drug-likeness (QED) is 0.678. The van der Waals surface area contributed by atoms with E-state index in [0.29, 0.717) is 0 Å². The van der Waals surface area contributed by atoms with Gasteiger partial charge in [-0.1, -0.05) is 24.8 Å². The van der Waals surface area contributed by atoms with Crippen LogP contribution in [0, 0.1) is 0 Å². The van der Waals surface area contributed by atoms with Crippen molar-refractivity contribution in [1.29, 1.82) is 0 Å². The Morgan fingerprint density at radius 3 is 2.29 bits per heavy atom. The predicted octanol–water partition coefficient (Wildman–Crippen LogP) is 2.62. The maximum absolute atomic E-state index is 5.67. The fourth-order valence-electron chi connectivity index (χ4n) is 0.985. The molecule has 14 heavy (non-hydrogen) atoms. The molecule has 0 radical (unpaired) electrons. The lowest BCUT2D eigenvalue weighted by molar-refractivity contribution is 0.0815. The highest BCUT2D eigenvalue weighted by Crippen LogP contribution is 2.14. The van der Waals surface area contributed by atoms with E-state index in [1.165, 1.54) is 0 Å². The molecule has 76 valence electrons. The lowest BCUT2D eigenvalue weighted by Gasteiger charge is -2.21. The van der Waals surface area contributed by atoms with Crippen LogP contribution in [-0.4, -0.2) is 25.2 Å². The predicted molar refractivity (Wildman–Crippen MR) is 60.3 cm³/mol. The summed E-state index contributed by atoms with van der Waals surface area (Å²) >= 11 is 0. The van der Waals surface area contributed by atoms with E-state index in [4.69, 9.17) is 4.74 Å². The summed E-state index contributed by atoms with van der Waals surface area (Å²) in [6.07, 6.45) is 1.91. The average Bonchev–Trinajstić information content (AvgIpc) is 2.19. The Bertz CT molecular complexity index is 290. The number of rotatable bonds is 4. The number of nitrogens with zero attached hydrogens (tertiary/aromatic N) is 1. The van der Waals surface area contributed by atoms with Gasteiger partial charge in [0, 0.05) is 0 Å². The van der Waals surface area contributed by atoms with Gasteiger partial charge in [-0.25, -0.2) is 0 Å². The summed E-state index contributed by atoms with van der Waals surface area (Å²) in [7, 11) is 3.98. The third-order valence-corrected chi connectivity index (χ3v) is 2.15. The normalized spacial score (nSPS) is 12.6. The molecule has 1 aromatic carbocycles. The molecule has 1 rings (SSSR count). The fourth-order valence-corrected chi connectivity index (χ4v) is 0.985. The minimum absolute atomic E-state index is 0.0876. The van der Waals surface area contributed by atoms with E-state index in [0.717, 1.165) is 11.3 Å². The van der Waals surface area contributed by atoms with Gasteiger partial charge in [0.15, 0.2) is 0 Å². The number of hydrogen-bond donors (Lipinski definition) is 0. The summed E-state index contributed by atoms with van der Waals surface area (Å²) in [6, 6.07) is 7.89. The smallest absolute Gasteiger partial charge is 0.149 e. The standard InChI is InChI=1S/C12H17NO/c1-5-11-6-8-12(9-7-11)14-10(2)13(3)4/h5-10H,1H2,2-4H3. The SMILES string of the molecule is C=Cc1ccc(OC(C)N(C)C)cc1. The van der Waals surface area contributed by atoms with Crippen molar-refractivity contribution in [2.75, 3.05) is 14.1 Å². The van der Waals surface area contributed by atoms with Crippen LogP contribution in [-0.2, 0) is 0 Å². The number of ether oxygens (including phenoxy) is 1. The molecule has 2 heteroatoms. The molecule has 2 nitrogen and oxygen atoms in total. The zero-order valence-electron chi connectivity index (χ0n) is 9.03. The average molecular weight is 191 g/mol. The van der Waals surface area contributed by atoms with Gasteiger partial charge in [-0.2, -0.15) is 0 Å².